The Morgan fingerprint density at radius 3 is 2.41 bits per heavy atom. The lowest BCUT2D eigenvalue weighted by atomic mass is 10.1. The molecule has 0 unspecified atom stereocenters. The standard InChI is InChI=1S/C21H25N7O/c1-27(2)14-16-5-3-15(4-6-16)13-22-21(29)23-18-9-7-17(8-10-18)20-24-25-26-28(20)19-11-12-19/h3-10,19H,11-14H2,1-2H3,(H2,22,23,29). The van der Waals surface area contributed by atoms with E-state index in [4.69, 9.17) is 0 Å². The van der Waals surface area contributed by atoms with E-state index in [2.05, 4.69) is 43.2 Å². The lowest BCUT2D eigenvalue weighted by molar-refractivity contribution is 0.251. The maximum Gasteiger partial charge on any atom is 0.319 e. The molecule has 2 N–H and O–H groups in total. The first-order valence-electron chi connectivity index (χ1n) is 9.74. The zero-order chi connectivity index (χ0) is 20.2. The van der Waals surface area contributed by atoms with Gasteiger partial charge in [0.05, 0.1) is 6.04 Å². The first kappa shape index (κ1) is 19.1. The van der Waals surface area contributed by atoms with Crippen LogP contribution in [0, 0.1) is 0 Å². The highest BCUT2D eigenvalue weighted by atomic mass is 16.2. The van der Waals surface area contributed by atoms with Crippen molar-refractivity contribution in [3.8, 4) is 11.4 Å². The van der Waals surface area contributed by atoms with Gasteiger partial charge >= 0.3 is 6.03 Å². The molecule has 0 saturated heterocycles. The van der Waals surface area contributed by atoms with Gasteiger partial charge in [-0.05, 0) is 72.8 Å². The van der Waals surface area contributed by atoms with Gasteiger partial charge in [0.15, 0.2) is 5.82 Å². The van der Waals surface area contributed by atoms with Gasteiger partial charge in [-0.25, -0.2) is 9.48 Å². The number of carbonyl (C=O) groups excluding carboxylic acids is 1. The van der Waals surface area contributed by atoms with E-state index < -0.39 is 0 Å². The molecule has 8 heteroatoms. The van der Waals surface area contributed by atoms with Crippen LogP contribution in [0.25, 0.3) is 11.4 Å². The van der Waals surface area contributed by atoms with Crippen LogP contribution in [0.1, 0.15) is 30.0 Å². The third-order valence-electron chi connectivity index (χ3n) is 4.76. The second-order valence-electron chi connectivity index (χ2n) is 7.62. The van der Waals surface area contributed by atoms with Crippen LogP contribution in [0.5, 0.6) is 0 Å². The van der Waals surface area contributed by atoms with Crippen molar-refractivity contribution < 1.29 is 4.79 Å². The minimum atomic E-state index is -0.238. The second-order valence-corrected chi connectivity index (χ2v) is 7.62. The zero-order valence-electron chi connectivity index (χ0n) is 16.7. The van der Waals surface area contributed by atoms with Gasteiger partial charge in [0.25, 0.3) is 0 Å². The van der Waals surface area contributed by atoms with Crippen LogP contribution in [0.2, 0.25) is 0 Å². The first-order chi connectivity index (χ1) is 14.1. The third-order valence-corrected chi connectivity index (χ3v) is 4.76. The van der Waals surface area contributed by atoms with Gasteiger partial charge < -0.3 is 15.5 Å². The number of urea groups is 1. The molecule has 1 heterocycles. The van der Waals surface area contributed by atoms with Crippen molar-refractivity contribution in [2.24, 2.45) is 0 Å². The molecule has 1 aliphatic carbocycles. The Kier molecular flexibility index (Phi) is 5.53. The molecule has 3 aromatic rings. The fourth-order valence-corrected chi connectivity index (χ4v) is 3.14. The topological polar surface area (TPSA) is 88.0 Å². The minimum Gasteiger partial charge on any atom is -0.334 e. The quantitative estimate of drug-likeness (QED) is 0.646. The molecule has 2 amide bonds. The number of hydrogen-bond donors (Lipinski definition) is 2. The van der Waals surface area contributed by atoms with Crippen molar-refractivity contribution in [3.63, 3.8) is 0 Å². The monoisotopic (exact) mass is 391 g/mol. The summed E-state index contributed by atoms with van der Waals surface area (Å²) in [6, 6.07) is 16.0. The summed E-state index contributed by atoms with van der Waals surface area (Å²) in [7, 11) is 4.09. The van der Waals surface area contributed by atoms with Crippen molar-refractivity contribution in [2.75, 3.05) is 19.4 Å². The molecule has 0 bridgehead atoms. The molecule has 150 valence electrons. The number of nitrogens with one attached hydrogen (secondary N) is 2. The van der Waals surface area contributed by atoms with E-state index in [0.717, 1.165) is 42.0 Å². The highest BCUT2D eigenvalue weighted by molar-refractivity contribution is 5.89. The summed E-state index contributed by atoms with van der Waals surface area (Å²) >= 11 is 0. The fraction of sp³-hybridized carbons (Fsp3) is 0.333. The van der Waals surface area contributed by atoms with Gasteiger partial charge in [-0.3, -0.25) is 0 Å². The summed E-state index contributed by atoms with van der Waals surface area (Å²) in [5.74, 6) is 0.765. The molecule has 0 radical (unpaired) electrons. The van der Waals surface area contributed by atoms with E-state index in [-0.39, 0.29) is 6.03 Å². The number of amides is 2. The molecule has 1 saturated carbocycles. The van der Waals surface area contributed by atoms with Crippen LogP contribution in [0.4, 0.5) is 10.5 Å². The Hall–Kier alpha value is -3.26. The summed E-state index contributed by atoms with van der Waals surface area (Å²) in [6.07, 6.45) is 2.24. The highest BCUT2D eigenvalue weighted by Gasteiger charge is 2.28. The van der Waals surface area contributed by atoms with Crippen molar-refractivity contribution in [3.05, 3.63) is 59.7 Å². The van der Waals surface area contributed by atoms with Gasteiger partial charge in [-0.1, -0.05) is 24.3 Å². The molecule has 0 spiro atoms. The molecular formula is C21H25N7O. The molecular weight excluding hydrogens is 366 g/mol. The summed E-state index contributed by atoms with van der Waals surface area (Å²) < 4.78 is 1.87. The molecule has 2 aromatic carbocycles. The molecule has 4 rings (SSSR count). The number of aromatic nitrogens is 4. The Bertz CT molecular complexity index is 959. The van der Waals surface area contributed by atoms with Crippen LogP contribution < -0.4 is 10.6 Å². The number of tetrazole rings is 1. The Morgan fingerprint density at radius 1 is 1.07 bits per heavy atom. The van der Waals surface area contributed by atoms with Crippen LogP contribution >= 0.6 is 0 Å². The van der Waals surface area contributed by atoms with Crippen molar-refractivity contribution in [1.82, 2.24) is 30.4 Å². The van der Waals surface area contributed by atoms with Gasteiger partial charge in [-0.15, -0.1) is 5.10 Å². The van der Waals surface area contributed by atoms with Gasteiger partial charge in [0, 0.05) is 24.3 Å². The smallest absolute Gasteiger partial charge is 0.319 e. The lowest BCUT2D eigenvalue weighted by Gasteiger charge is -2.11. The number of nitrogens with zero attached hydrogens (tertiary/aromatic N) is 5. The normalized spacial score (nSPS) is 13.5. The van der Waals surface area contributed by atoms with Crippen LogP contribution in [0.15, 0.2) is 48.5 Å². The Morgan fingerprint density at radius 2 is 1.76 bits per heavy atom. The van der Waals surface area contributed by atoms with Crippen molar-refractivity contribution >= 4 is 11.7 Å². The lowest BCUT2D eigenvalue weighted by Crippen LogP contribution is -2.28. The average molecular weight is 391 g/mol. The van der Waals surface area contributed by atoms with Crippen molar-refractivity contribution in [2.45, 2.75) is 32.0 Å². The number of carbonyl (C=O) groups is 1. The van der Waals surface area contributed by atoms with Gasteiger partial charge in [0.2, 0.25) is 0 Å². The van der Waals surface area contributed by atoms with E-state index in [1.807, 2.05) is 55.2 Å². The number of hydrogen-bond acceptors (Lipinski definition) is 5. The summed E-state index contributed by atoms with van der Waals surface area (Å²) in [5.41, 5.74) is 3.96. The summed E-state index contributed by atoms with van der Waals surface area (Å²) in [5, 5.41) is 17.7. The van der Waals surface area contributed by atoms with E-state index in [9.17, 15) is 4.79 Å². The van der Waals surface area contributed by atoms with Gasteiger partial charge in [0.1, 0.15) is 0 Å². The maximum absolute atomic E-state index is 12.2. The molecule has 1 aliphatic rings. The van der Waals surface area contributed by atoms with Crippen LogP contribution in [0.3, 0.4) is 0 Å². The predicted octanol–water partition coefficient (Wildman–Crippen LogP) is 3.06. The average Bonchev–Trinajstić information content (AvgIpc) is 3.44. The third kappa shape index (κ3) is 4.97. The summed E-state index contributed by atoms with van der Waals surface area (Å²) in [4.78, 5) is 14.3. The SMILES string of the molecule is CN(C)Cc1ccc(CNC(=O)Nc2ccc(-c3nnnn3C3CC3)cc2)cc1. The predicted molar refractivity (Wildman–Crippen MR) is 111 cm³/mol. The molecule has 8 nitrogen and oxygen atoms in total. The zero-order valence-corrected chi connectivity index (χ0v) is 16.7. The Labute approximate surface area is 169 Å². The van der Waals surface area contributed by atoms with E-state index >= 15 is 0 Å². The number of benzene rings is 2. The maximum atomic E-state index is 12.2. The molecule has 1 aromatic heterocycles. The Balaban J connectivity index is 1.30. The second kappa shape index (κ2) is 8.40. The molecule has 0 aliphatic heterocycles. The largest absolute Gasteiger partial charge is 0.334 e. The van der Waals surface area contributed by atoms with Crippen LogP contribution in [-0.4, -0.2) is 45.2 Å². The van der Waals surface area contributed by atoms with E-state index in [1.54, 1.807) is 0 Å². The summed E-state index contributed by atoms with van der Waals surface area (Å²) in [6.45, 7) is 1.37. The number of rotatable bonds is 7. The molecule has 1 fully saturated rings. The fourth-order valence-electron chi connectivity index (χ4n) is 3.14. The molecule has 0 atom stereocenters. The first-order valence-corrected chi connectivity index (χ1v) is 9.74. The highest BCUT2D eigenvalue weighted by Crippen LogP contribution is 2.36. The van der Waals surface area contributed by atoms with E-state index in [0.29, 0.717) is 12.6 Å². The van der Waals surface area contributed by atoms with Crippen molar-refractivity contribution in [1.29, 1.82) is 0 Å². The number of anilines is 1. The minimum absolute atomic E-state index is 0.238. The molecule has 29 heavy (non-hydrogen) atoms. The van der Waals surface area contributed by atoms with Gasteiger partial charge in [-0.2, -0.15) is 0 Å². The van der Waals surface area contributed by atoms with E-state index in [1.165, 1.54) is 5.56 Å². The van der Waals surface area contributed by atoms with Crippen LogP contribution in [-0.2, 0) is 13.1 Å².